The highest BCUT2D eigenvalue weighted by atomic mass is 32.1. The van der Waals surface area contributed by atoms with Crippen molar-refractivity contribution in [1.82, 2.24) is 15.6 Å². The molecule has 3 N–H and O–H groups in total. The fraction of sp³-hybridized carbons (Fsp3) is 0.250. The van der Waals surface area contributed by atoms with Gasteiger partial charge in [0.25, 0.3) is 5.91 Å². The van der Waals surface area contributed by atoms with Crippen molar-refractivity contribution in [3.63, 3.8) is 0 Å². The van der Waals surface area contributed by atoms with Crippen LogP contribution in [0.2, 0.25) is 0 Å². The van der Waals surface area contributed by atoms with E-state index in [0.29, 0.717) is 15.6 Å². The van der Waals surface area contributed by atoms with E-state index in [1.165, 1.54) is 6.92 Å². The second kappa shape index (κ2) is 9.41. The van der Waals surface area contributed by atoms with Gasteiger partial charge < -0.3 is 20.5 Å². The number of aliphatic carboxylic acids is 1. The van der Waals surface area contributed by atoms with Gasteiger partial charge in [-0.1, -0.05) is 48.5 Å². The van der Waals surface area contributed by atoms with Crippen molar-refractivity contribution in [2.45, 2.75) is 32.4 Å². The zero-order chi connectivity index (χ0) is 23.5. The maximum absolute atomic E-state index is 12.3. The van der Waals surface area contributed by atoms with Crippen molar-refractivity contribution < 1.29 is 24.2 Å². The molecule has 3 aromatic rings. The molecule has 0 aliphatic heterocycles. The van der Waals surface area contributed by atoms with Crippen molar-refractivity contribution in [3.05, 3.63) is 75.2 Å². The normalized spacial score (nSPS) is 13.0. The summed E-state index contributed by atoms with van der Waals surface area (Å²) >= 11 is 1.10. The molecule has 4 rings (SSSR count). The number of rotatable bonds is 7. The van der Waals surface area contributed by atoms with Crippen LogP contribution < -0.4 is 10.6 Å². The number of carboxylic acid groups (broad SMARTS) is 1. The summed E-state index contributed by atoms with van der Waals surface area (Å²) in [6.45, 7) is 3.35. The fourth-order valence-electron chi connectivity index (χ4n) is 3.86. The van der Waals surface area contributed by atoms with Crippen molar-refractivity contribution in [2.24, 2.45) is 0 Å². The number of aryl methyl sites for hydroxylation is 1. The molecule has 0 saturated carbocycles. The third kappa shape index (κ3) is 4.73. The van der Waals surface area contributed by atoms with Gasteiger partial charge in [0.1, 0.15) is 22.5 Å². The van der Waals surface area contributed by atoms with Crippen LogP contribution in [0.5, 0.6) is 0 Å². The number of fused-ring (bicyclic) bond motifs is 3. The highest BCUT2D eigenvalue weighted by Crippen LogP contribution is 2.44. The Morgan fingerprint density at radius 3 is 2.30 bits per heavy atom. The third-order valence-corrected chi connectivity index (χ3v) is 6.65. The number of carbonyl (C=O) groups is 3. The van der Waals surface area contributed by atoms with Gasteiger partial charge in [0.05, 0.1) is 12.2 Å². The van der Waals surface area contributed by atoms with E-state index in [1.807, 2.05) is 24.3 Å². The first-order chi connectivity index (χ1) is 15.8. The van der Waals surface area contributed by atoms with Crippen molar-refractivity contribution in [2.75, 3.05) is 6.61 Å². The summed E-state index contributed by atoms with van der Waals surface area (Å²) < 4.78 is 5.51. The number of carbonyl (C=O) groups excluding carboxylic acids is 2. The van der Waals surface area contributed by atoms with Crippen LogP contribution in [-0.2, 0) is 16.1 Å². The van der Waals surface area contributed by atoms with Crippen LogP contribution in [0.25, 0.3) is 11.1 Å². The zero-order valence-electron chi connectivity index (χ0n) is 18.1. The van der Waals surface area contributed by atoms with E-state index in [0.717, 1.165) is 33.6 Å². The predicted octanol–water partition coefficient (Wildman–Crippen LogP) is 3.69. The number of hydrogen-bond acceptors (Lipinski definition) is 6. The Morgan fingerprint density at radius 1 is 1.09 bits per heavy atom. The van der Waals surface area contributed by atoms with Gasteiger partial charge in [-0.3, -0.25) is 9.59 Å². The SMILES string of the molecule is Cc1nc(CNC(=O)OCC2c3ccccc3-c3ccccc32)sc1C(=O)N[C@H](C)C(=O)O. The number of aromatic nitrogens is 1. The summed E-state index contributed by atoms with van der Waals surface area (Å²) in [7, 11) is 0. The minimum absolute atomic E-state index is 0.0308. The molecule has 9 heteroatoms. The lowest BCUT2D eigenvalue weighted by Gasteiger charge is -2.14. The van der Waals surface area contributed by atoms with Crippen LogP contribution in [0.15, 0.2) is 48.5 Å². The van der Waals surface area contributed by atoms with Gasteiger partial charge in [-0.2, -0.15) is 0 Å². The molecule has 170 valence electrons. The number of benzene rings is 2. The maximum atomic E-state index is 12.3. The maximum Gasteiger partial charge on any atom is 0.407 e. The molecule has 2 amide bonds. The molecule has 0 unspecified atom stereocenters. The van der Waals surface area contributed by atoms with Gasteiger partial charge in [0, 0.05) is 5.92 Å². The van der Waals surface area contributed by atoms with Gasteiger partial charge in [0.15, 0.2) is 0 Å². The van der Waals surface area contributed by atoms with E-state index in [4.69, 9.17) is 9.84 Å². The molecule has 0 fully saturated rings. The van der Waals surface area contributed by atoms with E-state index < -0.39 is 24.0 Å². The van der Waals surface area contributed by atoms with E-state index in [-0.39, 0.29) is 19.1 Å². The van der Waals surface area contributed by atoms with Crippen LogP contribution >= 0.6 is 11.3 Å². The average molecular weight is 466 g/mol. The summed E-state index contributed by atoms with van der Waals surface area (Å²) in [4.78, 5) is 40.2. The van der Waals surface area contributed by atoms with Crippen molar-refractivity contribution in [3.8, 4) is 11.1 Å². The Labute approximate surface area is 194 Å². The Morgan fingerprint density at radius 2 is 1.70 bits per heavy atom. The highest BCUT2D eigenvalue weighted by Gasteiger charge is 2.29. The van der Waals surface area contributed by atoms with Gasteiger partial charge in [-0.15, -0.1) is 11.3 Å². The minimum atomic E-state index is -1.12. The van der Waals surface area contributed by atoms with Gasteiger partial charge in [0.2, 0.25) is 0 Å². The van der Waals surface area contributed by atoms with Gasteiger partial charge in [-0.25, -0.2) is 9.78 Å². The smallest absolute Gasteiger partial charge is 0.407 e. The van der Waals surface area contributed by atoms with Crippen molar-refractivity contribution >= 4 is 29.3 Å². The van der Waals surface area contributed by atoms with E-state index in [9.17, 15) is 14.4 Å². The lowest BCUT2D eigenvalue weighted by atomic mass is 9.98. The molecule has 0 radical (unpaired) electrons. The van der Waals surface area contributed by atoms with Crippen LogP contribution in [0.3, 0.4) is 0 Å². The molecule has 8 nitrogen and oxygen atoms in total. The molecule has 2 aromatic carbocycles. The number of alkyl carbamates (subject to hydrolysis) is 1. The summed E-state index contributed by atoms with van der Waals surface area (Å²) in [5.74, 6) is -1.66. The predicted molar refractivity (Wildman–Crippen MR) is 123 cm³/mol. The second-order valence-corrected chi connectivity index (χ2v) is 8.82. The minimum Gasteiger partial charge on any atom is -0.480 e. The molecular formula is C24H23N3O5S. The molecule has 1 heterocycles. The molecule has 33 heavy (non-hydrogen) atoms. The van der Waals surface area contributed by atoms with E-state index in [1.54, 1.807) is 6.92 Å². The highest BCUT2D eigenvalue weighted by molar-refractivity contribution is 7.13. The van der Waals surface area contributed by atoms with Crippen LogP contribution in [0.4, 0.5) is 4.79 Å². The molecular weight excluding hydrogens is 442 g/mol. The molecule has 0 spiro atoms. The van der Waals surface area contributed by atoms with E-state index >= 15 is 0 Å². The first kappa shape index (κ1) is 22.5. The first-order valence-electron chi connectivity index (χ1n) is 10.4. The number of amides is 2. The van der Waals surface area contributed by atoms with Gasteiger partial charge >= 0.3 is 12.1 Å². The Balaban J connectivity index is 1.35. The Kier molecular flexibility index (Phi) is 6.41. The van der Waals surface area contributed by atoms with E-state index in [2.05, 4.69) is 39.9 Å². The fourth-order valence-corrected chi connectivity index (χ4v) is 4.77. The Hall–Kier alpha value is -3.72. The van der Waals surface area contributed by atoms with Crippen LogP contribution in [-0.4, -0.2) is 40.7 Å². The largest absolute Gasteiger partial charge is 0.480 e. The number of nitrogens with zero attached hydrogens (tertiary/aromatic N) is 1. The summed E-state index contributed by atoms with van der Waals surface area (Å²) in [6.07, 6.45) is -0.574. The summed E-state index contributed by atoms with van der Waals surface area (Å²) in [5, 5.41) is 14.5. The van der Waals surface area contributed by atoms with Crippen LogP contribution in [0.1, 0.15) is 44.3 Å². The molecule has 0 bridgehead atoms. The second-order valence-electron chi connectivity index (χ2n) is 7.73. The number of nitrogens with one attached hydrogen (secondary N) is 2. The standard InChI is InChI=1S/C24H23N3O5S/c1-13-21(22(28)27-14(2)23(29)30)33-20(26-13)11-25-24(31)32-12-19-17-9-5-3-7-15(17)16-8-4-6-10-18(16)19/h3-10,14,19H,11-12H2,1-2H3,(H,25,31)(H,27,28)(H,29,30)/t14-/m1/s1. The zero-order valence-corrected chi connectivity index (χ0v) is 18.9. The number of carboxylic acids is 1. The Bertz CT molecular complexity index is 1180. The lowest BCUT2D eigenvalue weighted by molar-refractivity contribution is -0.138. The summed E-state index contributed by atoms with van der Waals surface area (Å²) in [5.41, 5.74) is 5.05. The molecule has 1 atom stereocenters. The molecule has 1 aliphatic carbocycles. The topological polar surface area (TPSA) is 118 Å². The average Bonchev–Trinajstić information content (AvgIpc) is 3.34. The molecule has 0 saturated heterocycles. The van der Waals surface area contributed by atoms with Crippen LogP contribution in [0, 0.1) is 6.92 Å². The monoisotopic (exact) mass is 465 g/mol. The van der Waals surface area contributed by atoms with Gasteiger partial charge in [-0.05, 0) is 36.1 Å². The number of hydrogen-bond donors (Lipinski definition) is 3. The molecule has 1 aliphatic rings. The van der Waals surface area contributed by atoms with Crippen molar-refractivity contribution in [1.29, 1.82) is 0 Å². The lowest BCUT2D eigenvalue weighted by Crippen LogP contribution is -2.38. The first-order valence-corrected chi connectivity index (χ1v) is 11.3. The quantitative estimate of drug-likeness (QED) is 0.490. The molecule has 1 aromatic heterocycles. The third-order valence-electron chi connectivity index (χ3n) is 5.49. The summed E-state index contributed by atoms with van der Waals surface area (Å²) in [6, 6.07) is 15.2. The number of ether oxygens (including phenoxy) is 1. The number of thiazole rings is 1.